The first-order valence-corrected chi connectivity index (χ1v) is 7.24. The molecule has 0 fully saturated rings. The van der Waals surface area contributed by atoms with Crippen molar-refractivity contribution < 1.29 is 4.79 Å². The fraction of sp³-hybridized carbons (Fsp3) is 0.118. The van der Waals surface area contributed by atoms with Gasteiger partial charge in [-0.2, -0.15) is 0 Å². The number of hydrogen-bond acceptors (Lipinski definition) is 3. The Hall–Kier alpha value is -3.15. The lowest BCUT2D eigenvalue weighted by Crippen LogP contribution is -2.13. The first-order valence-electron chi connectivity index (χ1n) is 7.24. The molecule has 0 aliphatic carbocycles. The minimum absolute atomic E-state index is 0.765. The van der Waals surface area contributed by atoms with Crippen molar-refractivity contribution in [3.63, 3.8) is 0 Å². The van der Waals surface area contributed by atoms with E-state index >= 15 is 0 Å². The lowest BCUT2D eigenvalue weighted by atomic mass is 10.1. The molecular weight excluding hydrogens is 290 g/mol. The molecule has 0 saturated heterocycles. The second kappa shape index (κ2) is 4.95. The molecule has 4 rings (SSSR count). The normalized spacial score (nSPS) is 11.2. The van der Waals surface area contributed by atoms with Gasteiger partial charge in [-0.3, -0.25) is 9.78 Å². The topological polar surface area (TPSA) is 66.8 Å². The molecule has 0 spiro atoms. The van der Waals surface area contributed by atoms with Gasteiger partial charge in [0.05, 0.1) is 5.69 Å². The molecule has 114 valence electrons. The Bertz CT molecular complexity index is 997. The van der Waals surface area contributed by atoms with Gasteiger partial charge >= 0.3 is 0 Å². The molecule has 0 unspecified atom stereocenters. The van der Waals surface area contributed by atoms with Crippen molar-refractivity contribution in [2.75, 3.05) is 11.9 Å². The molecule has 0 aliphatic heterocycles. The van der Waals surface area contributed by atoms with Crippen molar-refractivity contribution in [3.05, 3.63) is 42.9 Å². The lowest BCUT2D eigenvalue weighted by molar-refractivity contribution is -0.107. The summed E-state index contributed by atoms with van der Waals surface area (Å²) >= 11 is 0. The minimum Gasteiger partial charge on any atom is -0.350 e. The molecule has 3 heterocycles. The number of rotatable bonds is 3. The van der Waals surface area contributed by atoms with Crippen LogP contribution in [-0.2, 0) is 11.8 Å². The third-order valence-corrected chi connectivity index (χ3v) is 4.09. The van der Waals surface area contributed by atoms with Crippen LogP contribution in [0.4, 0.5) is 5.69 Å². The summed E-state index contributed by atoms with van der Waals surface area (Å²) in [6.07, 6.45) is 6.23. The highest BCUT2D eigenvalue weighted by molar-refractivity contribution is 5.99. The molecule has 0 aliphatic rings. The second-order valence-corrected chi connectivity index (χ2v) is 5.54. The van der Waals surface area contributed by atoms with Crippen LogP contribution < -0.4 is 4.90 Å². The van der Waals surface area contributed by atoms with Gasteiger partial charge in [-0.1, -0.05) is 0 Å². The largest absolute Gasteiger partial charge is 0.350 e. The van der Waals surface area contributed by atoms with Crippen molar-refractivity contribution in [1.82, 2.24) is 19.5 Å². The highest BCUT2D eigenvalue weighted by atomic mass is 16.1. The molecular formula is C17H15N5O. The van der Waals surface area contributed by atoms with Crippen molar-refractivity contribution in [1.29, 1.82) is 0 Å². The number of H-pyrrole nitrogens is 1. The summed E-state index contributed by atoms with van der Waals surface area (Å²) < 4.78 is 2.07. The SMILES string of the molecule is CN(C=O)c1ccc2c(c1)c(-c1cc3nccnc3[nH]1)cn2C. The Labute approximate surface area is 132 Å². The predicted molar refractivity (Wildman–Crippen MR) is 90.3 cm³/mol. The quantitative estimate of drug-likeness (QED) is 0.592. The molecule has 1 aromatic carbocycles. The molecule has 3 aromatic heterocycles. The van der Waals surface area contributed by atoms with Crippen LogP contribution in [0.1, 0.15) is 0 Å². The number of carbonyl (C=O) groups excluding carboxylic acids is 1. The van der Waals surface area contributed by atoms with E-state index < -0.39 is 0 Å². The van der Waals surface area contributed by atoms with Crippen LogP contribution in [0.15, 0.2) is 42.9 Å². The Kier molecular flexibility index (Phi) is 2.90. The number of benzene rings is 1. The molecule has 4 aromatic rings. The van der Waals surface area contributed by atoms with Gasteiger partial charge in [-0.05, 0) is 24.3 Å². The minimum atomic E-state index is 0.765. The summed E-state index contributed by atoms with van der Waals surface area (Å²) in [6, 6.07) is 7.97. The summed E-state index contributed by atoms with van der Waals surface area (Å²) in [5.41, 5.74) is 5.57. The summed E-state index contributed by atoms with van der Waals surface area (Å²) in [7, 11) is 3.75. The van der Waals surface area contributed by atoms with Gasteiger partial charge in [0, 0.05) is 54.8 Å². The number of aromatic amines is 1. The number of amides is 1. The van der Waals surface area contributed by atoms with Crippen molar-refractivity contribution in [2.24, 2.45) is 7.05 Å². The van der Waals surface area contributed by atoms with E-state index in [9.17, 15) is 4.79 Å². The van der Waals surface area contributed by atoms with Gasteiger partial charge in [0.25, 0.3) is 0 Å². The third kappa shape index (κ3) is 2.07. The average Bonchev–Trinajstić information content (AvgIpc) is 3.15. The third-order valence-electron chi connectivity index (χ3n) is 4.09. The zero-order chi connectivity index (χ0) is 16.0. The number of nitrogens with one attached hydrogen (secondary N) is 1. The number of anilines is 1. The average molecular weight is 305 g/mol. The number of aromatic nitrogens is 4. The highest BCUT2D eigenvalue weighted by Gasteiger charge is 2.13. The number of fused-ring (bicyclic) bond motifs is 2. The number of nitrogens with zero attached hydrogens (tertiary/aromatic N) is 4. The molecule has 1 N–H and O–H groups in total. The van der Waals surface area contributed by atoms with E-state index in [0.29, 0.717) is 0 Å². The van der Waals surface area contributed by atoms with Crippen molar-refractivity contribution in [3.8, 4) is 11.3 Å². The number of aryl methyl sites for hydroxylation is 1. The maximum Gasteiger partial charge on any atom is 0.213 e. The lowest BCUT2D eigenvalue weighted by Gasteiger charge is -2.11. The van der Waals surface area contributed by atoms with Crippen LogP contribution in [0, 0.1) is 0 Å². The Morgan fingerprint density at radius 1 is 1.22 bits per heavy atom. The van der Waals surface area contributed by atoms with E-state index in [1.165, 1.54) is 0 Å². The van der Waals surface area contributed by atoms with Gasteiger partial charge in [0.1, 0.15) is 5.52 Å². The predicted octanol–water partition coefficient (Wildman–Crippen LogP) is 2.71. The molecule has 0 bridgehead atoms. The fourth-order valence-corrected chi connectivity index (χ4v) is 2.87. The van der Waals surface area contributed by atoms with Gasteiger partial charge in [-0.15, -0.1) is 0 Å². The van der Waals surface area contributed by atoms with Gasteiger partial charge < -0.3 is 14.5 Å². The van der Waals surface area contributed by atoms with Crippen LogP contribution in [0.5, 0.6) is 0 Å². The van der Waals surface area contributed by atoms with Gasteiger partial charge in [-0.25, -0.2) is 4.98 Å². The monoisotopic (exact) mass is 305 g/mol. The van der Waals surface area contributed by atoms with E-state index in [1.807, 2.05) is 31.3 Å². The Balaban J connectivity index is 1.96. The van der Waals surface area contributed by atoms with Gasteiger partial charge in [0.2, 0.25) is 6.41 Å². The first-order chi connectivity index (χ1) is 11.2. The van der Waals surface area contributed by atoms with Gasteiger partial charge in [0.15, 0.2) is 5.65 Å². The van der Waals surface area contributed by atoms with E-state index in [2.05, 4.69) is 25.7 Å². The zero-order valence-electron chi connectivity index (χ0n) is 12.8. The number of hydrogen-bond donors (Lipinski definition) is 1. The van der Waals surface area contributed by atoms with E-state index in [0.717, 1.165) is 45.4 Å². The van der Waals surface area contributed by atoms with E-state index in [4.69, 9.17) is 0 Å². The summed E-state index contributed by atoms with van der Waals surface area (Å²) in [5, 5.41) is 1.07. The molecule has 0 saturated carbocycles. The van der Waals surface area contributed by atoms with Crippen LogP contribution in [0.2, 0.25) is 0 Å². The Morgan fingerprint density at radius 3 is 2.83 bits per heavy atom. The standard InChI is InChI=1S/C17H15N5O/c1-21-9-13(14-8-15-17(20-14)19-6-5-18-15)12-7-11(22(2)10-23)3-4-16(12)21/h3-10H,1-2H3,(H,19,20). The smallest absolute Gasteiger partial charge is 0.213 e. The first kappa shape index (κ1) is 13.5. The zero-order valence-corrected chi connectivity index (χ0v) is 12.8. The van der Waals surface area contributed by atoms with Crippen LogP contribution in [-0.4, -0.2) is 33.0 Å². The van der Waals surface area contributed by atoms with Crippen molar-refractivity contribution >= 4 is 34.2 Å². The second-order valence-electron chi connectivity index (χ2n) is 5.54. The highest BCUT2D eigenvalue weighted by Crippen LogP contribution is 2.33. The maximum absolute atomic E-state index is 11.0. The summed E-state index contributed by atoms with van der Waals surface area (Å²) in [6.45, 7) is 0. The molecule has 0 radical (unpaired) electrons. The van der Waals surface area contributed by atoms with E-state index in [-0.39, 0.29) is 0 Å². The molecule has 1 amide bonds. The summed E-state index contributed by atoms with van der Waals surface area (Å²) in [5.74, 6) is 0. The molecule has 6 heteroatoms. The molecule has 23 heavy (non-hydrogen) atoms. The fourth-order valence-electron chi connectivity index (χ4n) is 2.87. The molecule has 6 nitrogen and oxygen atoms in total. The molecule has 0 atom stereocenters. The number of carbonyl (C=O) groups is 1. The van der Waals surface area contributed by atoms with Crippen LogP contribution in [0.3, 0.4) is 0 Å². The maximum atomic E-state index is 11.0. The summed E-state index contributed by atoms with van der Waals surface area (Å²) in [4.78, 5) is 24.5. The van der Waals surface area contributed by atoms with Crippen molar-refractivity contribution in [2.45, 2.75) is 0 Å². The van der Waals surface area contributed by atoms with E-state index in [1.54, 1.807) is 24.3 Å². The van der Waals surface area contributed by atoms with Crippen LogP contribution in [0.25, 0.3) is 33.3 Å². The van der Waals surface area contributed by atoms with Crippen LogP contribution >= 0.6 is 0 Å². The Morgan fingerprint density at radius 2 is 2.04 bits per heavy atom.